The molecule has 0 atom stereocenters. The molecule has 0 saturated carbocycles. The van der Waals surface area contributed by atoms with E-state index in [2.05, 4.69) is 4.98 Å². The maximum Gasteiger partial charge on any atom is 0.256 e. The van der Waals surface area contributed by atoms with Crippen LogP contribution < -0.4 is 11.3 Å². The number of H-pyrrole nitrogens is 1. The molecule has 0 aliphatic heterocycles. The summed E-state index contributed by atoms with van der Waals surface area (Å²) in [5, 5.41) is 3.07. The molecule has 0 amide bonds. The average molecular weight is 279 g/mol. The Hall–Kier alpha value is -1.71. The van der Waals surface area contributed by atoms with E-state index in [0.717, 1.165) is 10.8 Å². The van der Waals surface area contributed by atoms with E-state index in [1.165, 1.54) is 0 Å². The van der Waals surface area contributed by atoms with E-state index in [-0.39, 0.29) is 5.56 Å². The Morgan fingerprint density at radius 3 is 2.56 bits per heavy atom. The molecule has 0 bridgehead atoms. The van der Waals surface area contributed by atoms with Gasteiger partial charge in [0.05, 0.1) is 5.52 Å². The molecule has 1 aromatic heterocycles. The monoisotopic (exact) mass is 278 g/mol. The molecule has 2 aromatic carbocycles. The molecule has 90 valence electrons. The van der Waals surface area contributed by atoms with Gasteiger partial charge in [0.2, 0.25) is 0 Å². The third kappa shape index (κ3) is 1.64. The van der Waals surface area contributed by atoms with Gasteiger partial charge in [0.1, 0.15) is 0 Å². The number of aromatic amines is 1. The first-order valence-corrected chi connectivity index (χ1v) is 6.02. The summed E-state index contributed by atoms with van der Waals surface area (Å²) < 4.78 is 0. The molecule has 0 aliphatic carbocycles. The Labute approximate surface area is 112 Å². The van der Waals surface area contributed by atoms with Gasteiger partial charge in [0, 0.05) is 26.5 Å². The standard InChI is InChI=1S/C13H8Cl2N2O/c14-6-1-2-8-9(3-6)13(18)17-11-5-7(15)4-10(16)12(8)11/h1-5H,16H2,(H,17,18). The van der Waals surface area contributed by atoms with Gasteiger partial charge in [-0.2, -0.15) is 0 Å². The second-order valence-corrected chi connectivity index (χ2v) is 4.93. The van der Waals surface area contributed by atoms with Crippen LogP contribution in [0, 0.1) is 0 Å². The van der Waals surface area contributed by atoms with Crippen LogP contribution in [0.5, 0.6) is 0 Å². The number of benzene rings is 2. The molecule has 0 saturated heterocycles. The van der Waals surface area contributed by atoms with Crippen molar-refractivity contribution in [1.29, 1.82) is 0 Å². The quantitative estimate of drug-likeness (QED) is 0.488. The van der Waals surface area contributed by atoms with Crippen LogP contribution in [0.3, 0.4) is 0 Å². The molecule has 0 unspecified atom stereocenters. The van der Waals surface area contributed by atoms with Crippen molar-refractivity contribution in [3.63, 3.8) is 0 Å². The molecule has 18 heavy (non-hydrogen) atoms. The number of rotatable bonds is 0. The number of nitrogens with two attached hydrogens (primary N) is 1. The highest BCUT2D eigenvalue weighted by Crippen LogP contribution is 2.30. The lowest BCUT2D eigenvalue weighted by Gasteiger charge is -2.07. The molecule has 5 heteroatoms. The van der Waals surface area contributed by atoms with Gasteiger partial charge in [-0.05, 0) is 29.7 Å². The Morgan fingerprint density at radius 2 is 1.78 bits per heavy atom. The number of fused-ring (bicyclic) bond motifs is 3. The summed E-state index contributed by atoms with van der Waals surface area (Å²) in [4.78, 5) is 14.7. The zero-order valence-corrected chi connectivity index (χ0v) is 10.6. The van der Waals surface area contributed by atoms with E-state index in [1.807, 2.05) is 0 Å². The van der Waals surface area contributed by atoms with Crippen LogP contribution in [0.25, 0.3) is 21.7 Å². The molecular weight excluding hydrogens is 271 g/mol. The van der Waals surface area contributed by atoms with Gasteiger partial charge in [-0.3, -0.25) is 4.79 Å². The summed E-state index contributed by atoms with van der Waals surface area (Å²) in [7, 11) is 0. The molecule has 1 heterocycles. The van der Waals surface area contributed by atoms with Gasteiger partial charge < -0.3 is 10.7 Å². The van der Waals surface area contributed by atoms with Crippen molar-refractivity contribution in [2.45, 2.75) is 0 Å². The number of pyridine rings is 1. The normalized spacial score (nSPS) is 11.2. The van der Waals surface area contributed by atoms with Crippen LogP contribution in [0.1, 0.15) is 0 Å². The molecule has 0 fully saturated rings. The van der Waals surface area contributed by atoms with Gasteiger partial charge >= 0.3 is 0 Å². The van der Waals surface area contributed by atoms with E-state index in [0.29, 0.717) is 26.6 Å². The number of halogens is 2. The minimum atomic E-state index is -0.207. The zero-order valence-electron chi connectivity index (χ0n) is 9.13. The highest BCUT2D eigenvalue weighted by atomic mass is 35.5. The Bertz CT molecular complexity index is 840. The van der Waals surface area contributed by atoms with E-state index in [4.69, 9.17) is 28.9 Å². The summed E-state index contributed by atoms with van der Waals surface area (Å²) in [6, 6.07) is 8.50. The van der Waals surface area contributed by atoms with Gasteiger partial charge in [0.25, 0.3) is 5.56 Å². The highest BCUT2D eigenvalue weighted by molar-refractivity contribution is 6.33. The fraction of sp³-hybridized carbons (Fsp3) is 0. The van der Waals surface area contributed by atoms with Crippen molar-refractivity contribution < 1.29 is 0 Å². The zero-order chi connectivity index (χ0) is 12.9. The van der Waals surface area contributed by atoms with Crippen molar-refractivity contribution in [2.75, 3.05) is 5.73 Å². The third-order valence-corrected chi connectivity index (χ3v) is 3.33. The third-order valence-electron chi connectivity index (χ3n) is 2.88. The topological polar surface area (TPSA) is 58.9 Å². The lowest BCUT2D eigenvalue weighted by Crippen LogP contribution is -2.07. The Morgan fingerprint density at radius 1 is 1.00 bits per heavy atom. The molecule has 3 aromatic rings. The lowest BCUT2D eigenvalue weighted by atomic mass is 10.1. The minimum absolute atomic E-state index is 0.207. The Kier molecular flexibility index (Phi) is 2.47. The highest BCUT2D eigenvalue weighted by Gasteiger charge is 2.09. The first-order chi connectivity index (χ1) is 8.56. The van der Waals surface area contributed by atoms with Crippen LogP contribution in [0.4, 0.5) is 5.69 Å². The number of hydrogen-bond donors (Lipinski definition) is 2. The van der Waals surface area contributed by atoms with E-state index in [9.17, 15) is 4.79 Å². The molecular formula is C13H8Cl2N2O. The molecule has 0 radical (unpaired) electrons. The summed E-state index contributed by atoms with van der Waals surface area (Å²) in [6.45, 7) is 0. The first-order valence-electron chi connectivity index (χ1n) is 5.26. The second-order valence-electron chi connectivity index (χ2n) is 4.06. The van der Waals surface area contributed by atoms with Crippen LogP contribution in [0.15, 0.2) is 35.1 Å². The van der Waals surface area contributed by atoms with E-state index < -0.39 is 0 Å². The van der Waals surface area contributed by atoms with Gasteiger partial charge in [-0.15, -0.1) is 0 Å². The SMILES string of the molecule is Nc1cc(Cl)cc2[nH]c(=O)c3cc(Cl)ccc3c12. The number of nitrogens with one attached hydrogen (secondary N) is 1. The van der Waals surface area contributed by atoms with Crippen molar-refractivity contribution in [1.82, 2.24) is 4.98 Å². The van der Waals surface area contributed by atoms with Gasteiger partial charge in [0.15, 0.2) is 0 Å². The fourth-order valence-corrected chi connectivity index (χ4v) is 2.54. The molecule has 3 N–H and O–H groups in total. The largest absolute Gasteiger partial charge is 0.398 e. The van der Waals surface area contributed by atoms with Crippen molar-refractivity contribution in [2.24, 2.45) is 0 Å². The predicted molar refractivity (Wildman–Crippen MR) is 76.5 cm³/mol. The second kappa shape index (κ2) is 3.90. The van der Waals surface area contributed by atoms with Gasteiger partial charge in [-0.1, -0.05) is 29.3 Å². The van der Waals surface area contributed by atoms with Crippen LogP contribution in [-0.4, -0.2) is 4.98 Å². The minimum Gasteiger partial charge on any atom is -0.398 e. The van der Waals surface area contributed by atoms with Gasteiger partial charge in [-0.25, -0.2) is 0 Å². The average Bonchev–Trinajstić information content (AvgIpc) is 2.29. The fourth-order valence-electron chi connectivity index (χ4n) is 2.14. The predicted octanol–water partition coefficient (Wildman–Crippen LogP) is 3.57. The van der Waals surface area contributed by atoms with Crippen LogP contribution >= 0.6 is 23.2 Å². The molecule has 3 rings (SSSR count). The first kappa shape index (κ1) is 11.4. The maximum atomic E-state index is 12.0. The number of hydrogen-bond acceptors (Lipinski definition) is 2. The number of nitrogen functional groups attached to an aromatic ring is 1. The molecule has 0 spiro atoms. The maximum absolute atomic E-state index is 12.0. The van der Waals surface area contributed by atoms with Crippen LogP contribution in [0.2, 0.25) is 10.0 Å². The summed E-state index contributed by atoms with van der Waals surface area (Å²) in [5.41, 5.74) is 6.92. The lowest BCUT2D eigenvalue weighted by molar-refractivity contribution is 1.34. The van der Waals surface area contributed by atoms with E-state index >= 15 is 0 Å². The van der Waals surface area contributed by atoms with Crippen molar-refractivity contribution in [3.8, 4) is 0 Å². The molecule has 0 aliphatic rings. The molecule has 3 nitrogen and oxygen atoms in total. The van der Waals surface area contributed by atoms with Crippen molar-refractivity contribution >= 4 is 50.6 Å². The number of anilines is 1. The summed E-state index contributed by atoms with van der Waals surface area (Å²) in [6.07, 6.45) is 0. The summed E-state index contributed by atoms with van der Waals surface area (Å²) in [5.74, 6) is 0. The Balaban J connectivity index is 2.65. The van der Waals surface area contributed by atoms with E-state index in [1.54, 1.807) is 30.3 Å². The van der Waals surface area contributed by atoms with Crippen LogP contribution in [-0.2, 0) is 0 Å². The summed E-state index contributed by atoms with van der Waals surface area (Å²) >= 11 is 11.8. The van der Waals surface area contributed by atoms with Crippen molar-refractivity contribution in [3.05, 3.63) is 50.7 Å². The smallest absolute Gasteiger partial charge is 0.256 e. The number of aromatic nitrogens is 1.